The van der Waals surface area contributed by atoms with Gasteiger partial charge in [-0.2, -0.15) is 13.2 Å². The Morgan fingerprint density at radius 3 is 2.15 bits per heavy atom. The molecular formula is C18H22BrF3N2O2. The molecule has 2 amide bonds. The van der Waals surface area contributed by atoms with Crippen LogP contribution in [0, 0.1) is 5.92 Å². The van der Waals surface area contributed by atoms with Crippen LogP contribution in [0.5, 0.6) is 0 Å². The molecule has 1 fully saturated rings. The number of alkyl halides is 3. The van der Waals surface area contributed by atoms with Crippen molar-refractivity contribution in [1.29, 1.82) is 0 Å². The van der Waals surface area contributed by atoms with E-state index < -0.39 is 24.0 Å². The summed E-state index contributed by atoms with van der Waals surface area (Å²) in [6.07, 6.45) is -2.43. The van der Waals surface area contributed by atoms with Crippen molar-refractivity contribution in [3.05, 3.63) is 34.3 Å². The van der Waals surface area contributed by atoms with Crippen molar-refractivity contribution in [2.24, 2.45) is 5.92 Å². The number of benzene rings is 1. The van der Waals surface area contributed by atoms with Gasteiger partial charge in [-0.1, -0.05) is 28.1 Å². The first-order valence-corrected chi connectivity index (χ1v) is 9.25. The Kier molecular flexibility index (Phi) is 6.71. The smallest absolute Gasteiger partial charge is 0.354 e. The monoisotopic (exact) mass is 434 g/mol. The van der Waals surface area contributed by atoms with Crippen LogP contribution < -0.4 is 5.32 Å². The van der Waals surface area contributed by atoms with Gasteiger partial charge in [0.1, 0.15) is 0 Å². The van der Waals surface area contributed by atoms with E-state index in [1.165, 1.54) is 38.2 Å². The van der Waals surface area contributed by atoms with Crippen LogP contribution in [0.2, 0.25) is 0 Å². The summed E-state index contributed by atoms with van der Waals surface area (Å²) in [6.45, 7) is 1.43. The Labute approximate surface area is 159 Å². The van der Waals surface area contributed by atoms with Crippen molar-refractivity contribution < 1.29 is 22.8 Å². The molecule has 1 aromatic carbocycles. The fourth-order valence-corrected chi connectivity index (χ4v) is 3.73. The van der Waals surface area contributed by atoms with Crippen LogP contribution in [0.3, 0.4) is 0 Å². The minimum absolute atomic E-state index is 0.00765. The highest BCUT2D eigenvalue weighted by atomic mass is 79.9. The Morgan fingerprint density at radius 1 is 1.15 bits per heavy atom. The van der Waals surface area contributed by atoms with Gasteiger partial charge in [-0.3, -0.25) is 9.59 Å². The second-order valence-corrected chi connectivity index (χ2v) is 7.61. The van der Waals surface area contributed by atoms with E-state index in [1.54, 1.807) is 0 Å². The molecule has 0 saturated heterocycles. The molecule has 1 aliphatic carbocycles. The van der Waals surface area contributed by atoms with Crippen LogP contribution in [0.25, 0.3) is 0 Å². The maximum Gasteiger partial charge on any atom is 0.413 e. The number of hydrogen-bond donors (Lipinski definition) is 1. The van der Waals surface area contributed by atoms with Gasteiger partial charge in [0.25, 0.3) is 0 Å². The largest absolute Gasteiger partial charge is 0.413 e. The normalized spacial score (nSPS) is 21.8. The number of hydrogen-bond acceptors (Lipinski definition) is 2. The van der Waals surface area contributed by atoms with Crippen LogP contribution in [-0.2, 0) is 9.59 Å². The summed E-state index contributed by atoms with van der Waals surface area (Å²) in [5.74, 6) is -1.09. The van der Waals surface area contributed by atoms with Crippen LogP contribution in [0.4, 0.5) is 13.2 Å². The van der Waals surface area contributed by atoms with Crippen molar-refractivity contribution in [1.82, 2.24) is 10.2 Å². The maximum atomic E-state index is 13.6. The van der Waals surface area contributed by atoms with Crippen molar-refractivity contribution >= 4 is 27.7 Å². The van der Waals surface area contributed by atoms with Gasteiger partial charge in [-0.25, -0.2) is 0 Å². The molecule has 4 nitrogen and oxygen atoms in total. The van der Waals surface area contributed by atoms with Gasteiger partial charge in [0.05, 0.1) is 0 Å². The molecule has 0 unspecified atom stereocenters. The van der Waals surface area contributed by atoms with Gasteiger partial charge in [-0.05, 0) is 43.4 Å². The number of amides is 2. The van der Waals surface area contributed by atoms with E-state index in [-0.39, 0.29) is 17.5 Å². The molecule has 1 aromatic rings. The SMILES string of the molecule is CC(=O)NC1CCC(C(=O)N(C)[C@@H](c2ccc(Br)cc2)C(F)(F)F)CC1. The molecule has 1 saturated carbocycles. The van der Waals surface area contributed by atoms with Gasteiger partial charge in [0, 0.05) is 30.4 Å². The quantitative estimate of drug-likeness (QED) is 0.771. The van der Waals surface area contributed by atoms with Gasteiger partial charge >= 0.3 is 6.18 Å². The highest BCUT2D eigenvalue weighted by Gasteiger charge is 2.46. The summed E-state index contributed by atoms with van der Waals surface area (Å²) >= 11 is 3.20. The zero-order valence-corrected chi connectivity index (χ0v) is 16.2. The van der Waals surface area contributed by atoms with Crippen molar-refractivity contribution in [2.75, 3.05) is 7.05 Å². The molecule has 144 valence electrons. The number of rotatable bonds is 4. The lowest BCUT2D eigenvalue weighted by Crippen LogP contribution is -2.45. The number of halogens is 4. The fourth-order valence-electron chi connectivity index (χ4n) is 3.46. The average Bonchev–Trinajstić information content (AvgIpc) is 2.55. The topological polar surface area (TPSA) is 49.4 Å². The Morgan fingerprint density at radius 2 is 1.69 bits per heavy atom. The zero-order valence-electron chi connectivity index (χ0n) is 14.6. The van der Waals surface area contributed by atoms with Crippen LogP contribution >= 0.6 is 15.9 Å². The third-order valence-electron chi connectivity index (χ3n) is 4.71. The summed E-state index contributed by atoms with van der Waals surface area (Å²) < 4.78 is 41.6. The summed E-state index contributed by atoms with van der Waals surface area (Å²) in [7, 11) is 1.21. The molecule has 0 bridgehead atoms. The molecule has 8 heteroatoms. The van der Waals surface area contributed by atoms with Crippen LogP contribution in [0.1, 0.15) is 44.2 Å². The average molecular weight is 435 g/mol. The predicted octanol–water partition coefficient (Wildman–Crippen LogP) is 4.21. The lowest BCUT2D eigenvalue weighted by molar-refractivity contribution is -0.191. The summed E-state index contributed by atoms with van der Waals surface area (Å²) in [4.78, 5) is 24.6. The summed E-state index contributed by atoms with van der Waals surface area (Å²) in [6, 6.07) is 3.83. The van der Waals surface area contributed by atoms with E-state index >= 15 is 0 Å². The van der Waals surface area contributed by atoms with E-state index in [0.717, 1.165) is 4.90 Å². The molecule has 0 spiro atoms. The molecule has 0 heterocycles. The molecule has 1 atom stereocenters. The molecule has 0 aliphatic heterocycles. The van der Waals surface area contributed by atoms with Gasteiger partial charge in [0.2, 0.25) is 11.8 Å². The van der Waals surface area contributed by atoms with Crippen molar-refractivity contribution in [3.63, 3.8) is 0 Å². The lowest BCUT2D eigenvalue weighted by Gasteiger charge is -2.35. The molecule has 1 aliphatic rings. The van der Waals surface area contributed by atoms with Gasteiger partial charge in [0.15, 0.2) is 6.04 Å². The first kappa shape index (κ1) is 20.7. The molecular weight excluding hydrogens is 413 g/mol. The zero-order chi connectivity index (χ0) is 19.5. The summed E-state index contributed by atoms with van der Waals surface area (Å²) in [5, 5.41) is 2.80. The van der Waals surface area contributed by atoms with Gasteiger partial charge < -0.3 is 10.2 Å². The van der Waals surface area contributed by atoms with E-state index in [1.807, 2.05) is 0 Å². The summed E-state index contributed by atoms with van der Waals surface area (Å²) in [5.41, 5.74) is 0.0310. The first-order chi connectivity index (χ1) is 12.1. The van der Waals surface area contributed by atoms with Crippen LogP contribution in [0.15, 0.2) is 28.7 Å². The third-order valence-corrected chi connectivity index (χ3v) is 5.24. The second kappa shape index (κ2) is 8.41. The molecule has 0 aromatic heterocycles. The van der Waals surface area contributed by atoms with Crippen LogP contribution in [-0.4, -0.2) is 36.0 Å². The third kappa shape index (κ3) is 5.22. The Hall–Kier alpha value is -1.57. The maximum absolute atomic E-state index is 13.6. The Balaban J connectivity index is 2.11. The van der Waals surface area contributed by atoms with E-state index in [9.17, 15) is 22.8 Å². The number of carbonyl (C=O) groups excluding carboxylic acids is 2. The standard InChI is InChI=1S/C18H22BrF3N2O2/c1-11(25)23-15-9-5-13(6-10-15)17(26)24(2)16(18(20,21)22)12-3-7-14(19)8-4-12/h3-4,7-8,13,15-16H,5-6,9-10H2,1-2H3,(H,23,25)/t13?,15?,16-/m0/s1. The lowest BCUT2D eigenvalue weighted by atomic mass is 9.84. The van der Waals surface area contributed by atoms with Crippen molar-refractivity contribution in [2.45, 2.75) is 50.9 Å². The second-order valence-electron chi connectivity index (χ2n) is 6.69. The number of nitrogens with one attached hydrogen (secondary N) is 1. The molecule has 26 heavy (non-hydrogen) atoms. The predicted molar refractivity (Wildman–Crippen MR) is 95.3 cm³/mol. The van der Waals surface area contributed by atoms with E-state index in [0.29, 0.717) is 30.2 Å². The number of nitrogens with zero attached hydrogens (tertiary/aromatic N) is 1. The highest BCUT2D eigenvalue weighted by molar-refractivity contribution is 9.10. The minimum atomic E-state index is -4.56. The van der Waals surface area contributed by atoms with E-state index in [4.69, 9.17) is 0 Å². The van der Waals surface area contributed by atoms with E-state index in [2.05, 4.69) is 21.2 Å². The molecule has 1 N–H and O–H groups in total. The molecule has 2 rings (SSSR count). The molecule has 0 radical (unpaired) electrons. The highest BCUT2D eigenvalue weighted by Crippen LogP contribution is 2.39. The minimum Gasteiger partial charge on any atom is -0.354 e. The number of carbonyl (C=O) groups is 2. The van der Waals surface area contributed by atoms with Gasteiger partial charge in [-0.15, -0.1) is 0 Å². The fraction of sp³-hybridized carbons (Fsp3) is 0.556. The first-order valence-electron chi connectivity index (χ1n) is 8.45. The van der Waals surface area contributed by atoms with Crippen molar-refractivity contribution in [3.8, 4) is 0 Å². The Bertz CT molecular complexity index is 641.